The van der Waals surface area contributed by atoms with E-state index in [0.717, 1.165) is 5.92 Å². The van der Waals surface area contributed by atoms with Crippen molar-refractivity contribution in [2.24, 2.45) is 16.6 Å². The summed E-state index contributed by atoms with van der Waals surface area (Å²) in [5.74, 6) is 1.48. The molecular formula is C12H25N3. The van der Waals surface area contributed by atoms with E-state index < -0.39 is 0 Å². The first-order valence-corrected chi connectivity index (χ1v) is 6.21. The van der Waals surface area contributed by atoms with Crippen molar-refractivity contribution < 1.29 is 0 Å². The van der Waals surface area contributed by atoms with Crippen LogP contribution in [0.25, 0.3) is 0 Å². The Morgan fingerprint density at radius 3 is 2.80 bits per heavy atom. The van der Waals surface area contributed by atoms with Gasteiger partial charge in [-0.05, 0) is 32.6 Å². The zero-order valence-electron chi connectivity index (χ0n) is 10.3. The summed E-state index contributed by atoms with van der Waals surface area (Å²) in [6.07, 6.45) is 6.39. The molecule has 0 bridgehead atoms. The molecule has 15 heavy (non-hydrogen) atoms. The molecule has 1 aliphatic rings. The molecule has 0 aliphatic heterocycles. The van der Waals surface area contributed by atoms with Gasteiger partial charge in [0.05, 0.1) is 6.04 Å². The van der Waals surface area contributed by atoms with Crippen LogP contribution < -0.4 is 11.1 Å². The third-order valence-electron chi connectivity index (χ3n) is 3.09. The van der Waals surface area contributed by atoms with Crippen LogP contribution in [-0.4, -0.2) is 18.0 Å². The van der Waals surface area contributed by atoms with Gasteiger partial charge in [0.1, 0.15) is 0 Å². The highest BCUT2D eigenvalue weighted by Crippen LogP contribution is 2.28. The molecule has 1 fully saturated rings. The molecule has 2 atom stereocenters. The van der Waals surface area contributed by atoms with Gasteiger partial charge in [0.25, 0.3) is 0 Å². The van der Waals surface area contributed by atoms with Gasteiger partial charge in [-0.3, -0.25) is 4.99 Å². The van der Waals surface area contributed by atoms with Crippen molar-refractivity contribution in [3.63, 3.8) is 0 Å². The minimum atomic E-state index is 0.374. The summed E-state index contributed by atoms with van der Waals surface area (Å²) in [4.78, 5) is 4.56. The molecule has 1 rings (SSSR count). The molecule has 1 saturated carbocycles. The number of hydrogen-bond acceptors (Lipinski definition) is 1. The van der Waals surface area contributed by atoms with E-state index in [2.05, 4.69) is 31.1 Å². The van der Waals surface area contributed by atoms with Crippen LogP contribution in [0.2, 0.25) is 0 Å². The molecular weight excluding hydrogens is 186 g/mol. The molecule has 3 heteroatoms. The lowest BCUT2D eigenvalue weighted by Crippen LogP contribution is -2.38. The molecule has 88 valence electrons. The van der Waals surface area contributed by atoms with Gasteiger partial charge in [-0.2, -0.15) is 0 Å². The molecule has 0 amide bonds. The zero-order valence-corrected chi connectivity index (χ0v) is 10.3. The molecule has 0 heterocycles. The first kappa shape index (κ1) is 12.3. The van der Waals surface area contributed by atoms with Crippen molar-refractivity contribution in [1.29, 1.82) is 0 Å². The predicted octanol–water partition coefficient (Wildman–Crippen LogP) is 2.27. The molecule has 3 N–H and O–H groups in total. The second-order valence-corrected chi connectivity index (χ2v) is 4.91. The zero-order chi connectivity index (χ0) is 11.3. The minimum absolute atomic E-state index is 0.374. The lowest BCUT2D eigenvalue weighted by Gasteiger charge is -2.26. The Bertz CT molecular complexity index is 211. The van der Waals surface area contributed by atoms with E-state index in [1.165, 1.54) is 32.1 Å². The van der Waals surface area contributed by atoms with E-state index in [4.69, 9.17) is 5.73 Å². The van der Waals surface area contributed by atoms with Crippen molar-refractivity contribution >= 4 is 5.96 Å². The van der Waals surface area contributed by atoms with Gasteiger partial charge in [-0.1, -0.05) is 26.2 Å². The monoisotopic (exact) mass is 211 g/mol. The minimum Gasteiger partial charge on any atom is -0.370 e. The molecule has 3 nitrogen and oxygen atoms in total. The number of rotatable bonds is 3. The van der Waals surface area contributed by atoms with Gasteiger partial charge in [0.2, 0.25) is 0 Å². The summed E-state index contributed by atoms with van der Waals surface area (Å²) in [6, 6.07) is 0.828. The van der Waals surface area contributed by atoms with E-state index in [1.807, 2.05) is 0 Å². The number of hydrogen-bond donors (Lipinski definition) is 2. The van der Waals surface area contributed by atoms with Crippen LogP contribution in [0.15, 0.2) is 4.99 Å². The van der Waals surface area contributed by atoms with E-state index in [9.17, 15) is 0 Å². The van der Waals surface area contributed by atoms with Crippen LogP contribution in [-0.2, 0) is 0 Å². The fourth-order valence-corrected chi connectivity index (χ4v) is 2.28. The van der Waals surface area contributed by atoms with Crippen LogP contribution in [0.5, 0.6) is 0 Å². The molecule has 0 saturated heterocycles. The number of nitrogens with one attached hydrogen (secondary N) is 1. The summed E-state index contributed by atoms with van der Waals surface area (Å²) in [7, 11) is 0. The Hall–Kier alpha value is -0.730. The van der Waals surface area contributed by atoms with Gasteiger partial charge < -0.3 is 11.1 Å². The lowest BCUT2D eigenvalue weighted by atomic mass is 9.84. The van der Waals surface area contributed by atoms with Crippen molar-refractivity contribution in [3.8, 4) is 0 Å². The first-order chi connectivity index (χ1) is 7.11. The highest BCUT2D eigenvalue weighted by atomic mass is 15.1. The molecule has 0 aromatic rings. The molecule has 2 unspecified atom stereocenters. The highest BCUT2D eigenvalue weighted by Gasteiger charge is 2.20. The van der Waals surface area contributed by atoms with Gasteiger partial charge in [-0.25, -0.2) is 0 Å². The summed E-state index contributed by atoms with van der Waals surface area (Å²) in [5, 5.41) is 3.15. The van der Waals surface area contributed by atoms with Crippen LogP contribution in [0.3, 0.4) is 0 Å². The molecule has 0 aromatic heterocycles. The fourth-order valence-electron chi connectivity index (χ4n) is 2.28. The molecule has 0 aromatic carbocycles. The van der Waals surface area contributed by atoms with E-state index in [-0.39, 0.29) is 0 Å². The Morgan fingerprint density at radius 2 is 2.20 bits per heavy atom. The number of nitrogens with two attached hydrogens (primary N) is 1. The first-order valence-electron chi connectivity index (χ1n) is 6.21. The van der Waals surface area contributed by atoms with Crippen LogP contribution in [0.4, 0.5) is 0 Å². The number of aliphatic imine (C=N–C) groups is 1. The topological polar surface area (TPSA) is 50.4 Å². The lowest BCUT2D eigenvalue weighted by molar-refractivity contribution is 0.315. The molecule has 0 spiro atoms. The average Bonchev–Trinajstić information content (AvgIpc) is 2.16. The highest BCUT2D eigenvalue weighted by molar-refractivity contribution is 5.78. The van der Waals surface area contributed by atoms with E-state index in [1.54, 1.807) is 0 Å². The maximum absolute atomic E-state index is 5.83. The maximum atomic E-state index is 5.83. The van der Waals surface area contributed by atoms with E-state index >= 15 is 0 Å². The van der Waals surface area contributed by atoms with Crippen LogP contribution in [0.1, 0.15) is 52.9 Å². The Morgan fingerprint density at radius 1 is 1.47 bits per heavy atom. The second kappa shape index (κ2) is 5.99. The average molecular weight is 211 g/mol. The van der Waals surface area contributed by atoms with Crippen LogP contribution in [0, 0.1) is 5.92 Å². The van der Waals surface area contributed by atoms with Gasteiger partial charge in [0.15, 0.2) is 5.96 Å². The SMILES string of the molecule is CCC1CCCC(N=C(N)NC(C)C)C1. The van der Waals surface area contributed by atoms with E-state index in [0.29, 0.717) is 18.0 Å². The largest absolute Gasteiger partial charge is 0.370 e. The Balaban J connectivity index is 2.42. The Labute approximate surface area is 93.5 Å². The number of guanidine groups is 1. The van der Waals surface area contributed by atoms with Crippen molar-refractivity contribution in [1.82, 2.24) is 5.32 Å². The van der Waals surface area contributed by atoms with Crippen molar-refractivity contribution in [2.45, 2.75) is 65.0 Å². The fraction of sp³-hybridized carbons (Fsp3) is 0.917. The summed E-state index contributed by atoms with van der Waals surface area (Å²) >= 11 is 0. The third kappa shape index (κ3) is 4.54. The maximum Gasteiger partial charge on any atom is 0.189 e. The summed E-state index contributed by atoms with van der Waals surface area (Å²) in [6.45, 7) is 6.43. The molecule has 0 radical (unpaired) electrons. The summed E-state index contributed by atoms with van der Waals surface area (Å²) < 4.78 is 0. The standard InChI is InChI=1S/C12H25N3/c1-4-10-6-5-7-11(8-10)15-12(13)14-9(2)3/h9-11H,4-8H2,1-3H3,(H3,13,14,15). The van der Waals surface area contributed by atoms with Gasteiger partial charge in [-0.15, -0.1) is 0 Å². The van der Waals surface area contributed by atoms with Crippen molar-refractivity contribution in [2.75, 3.05) is 0 Å². The smallest absolute Gasteiger partial charge is 0.189 e. The van der Waals surface area contributed by atoms with Crippen molar-refractivity contribution in [3.05, 3.63) is 0 Å². The number of nitrogens with zero attached hydrogens (tertiary/aromatic N) is 1. The third-order valence-corrected chi connectivity index (χ3v) is 3.09. The predicted molar refractivity (Wildman–Crippen MR) is 65.9 cm³/mol. The Kier molecular flexibility index (Phi) is 4.92. The molecule has 1 aliphatic carbocycles. The summed E-state index contributed by atoms with van der Waals surface area (Å²) in [5.41, 5.74) is 5.83. The quantitative estimate of drug-likeness (QED) is 0.556. The van der Waals surface area contributed by atoms with Gasteiger partial charge >= 0.3 is 0 Å². The normalized spacial score (nSPS) is 28.1. The van der Waals surface area contributed by atoms with Gasteiger partial charge in [0, 0.05) is 6.04 Å². The van der Waals surface area contributed by atoms with Crippen LogP contribution >= 0.6 is 0 Å². The second-order valence-electron chi connectivity index (χ2n) is 4.91.